The first kappa shape index (κ1) is 34.9. The summed E-state index contributed by atoms with van der Waals surface area (Å²) < 4.78 is 4.99. The molecule has 3 nitrogen and oxygen atoms in total. The lowest BCUT2D eigenvalue weighted by atomic mass is 9.87. The SMILES string of the molecule is c1ccc(-c2c(-c3ccc(N(c4ccccc4)c4cccc5ccccc45)cc3)c3c4ccccc4n(-c4ccccc4)c3c3c2c2ccccc2n3-c2ccccc2)cc1. The van der Waals surface area contributed by atoms with E-state index < -0.39 is 0 Å². The lowest BCUT2D eigenvalue weighted by Crippen LogP contribution is -2.10. The van der Waals surface area contributed by atoms with E-state index in [4.69, 9.17) is 0 Å². The first-order valence-electron chi connectivity index (χ1n) is 21.0. The molecule has 0 N–H and O–H groups in total. The van der Waals surface area contributed by atoms with Crippen molar-refractivity contribution in [3.8, 4) is 33.6 Å². The maximum Gasteiger partial charge on any atom is 0.0795 e. The van der Waals surface area contributed by atoms with Crippen LogP contribution < -0.4 is 4.90 Å². The van der Waals surface area contributed by atoms with Crippen molar-refractivity contribution in [1.82, 2.24) is 9.13 Å². The molecular formula is C58H39N3. The third-order valence-corrected chi connectivity index (χ3v) is 12.3. The van der Waals surface area contributed by atoms with E-state index in [0.29, 0.717) is 0 Å². The average Bonchev–Trinajstić information content (AvgIpc) is 3.86. The first-order chi connectivity index (χ1) is 30.3. The summed E-state index contributed by atoms with van der Waals surface area (Å²) in [5, 5.41) is 7.32. The minimum absolute atomic E-state index is 1.09. The van der Waals surface area contributed by atoms with E-state index in [9.17, 15) is 0 Å². The molecule has 0 fully saturated rings. The van der Waals surface area contributed by atoms with E-state index in [0.717, 1.165) is 34.0 Å². The molecule has 0 bridgehead atoms. The maximum atomic E-state index is 2.50. The molecule has 0 aliphatic carbocycles. The fourth-order valence-corrected chi connectivity index (χ4v) is 9.74. The number of nitrogens with zero attached hydrogens (tertiary/aromatic N) is 3. The molecule has 0 atom stereocenters. The van der Waals surface area contributed by atoms with Crippen LogP contribution in [0.2, 0.25) is 0 Å². The van der Waals surface area contributed by atoms with Crippen LogP contribution >= 0.6 is 0 Å². The fraction of sp³-hybridized carbons (Fsp3) is 0. The topological polar surface area (TPSA) is 13.1 Å². The highest BCUT2D eigenvalue weighted by atomic mass is 15.1. The Morgan fingerprint density at radius 2 is 0.705 bits per heavy atom. The smallest absolute Gasteiger partial charge is 0.0795 e. The zero-order chi connectivity index (χ0) is 40.3. The Bertz CT molecular complexity index is 3540. The van der Waals surface area contributed by atoms with Crippen LogP contribution in [0, 0.1) is 0 Å². The number of rotatable bonds is 7. The third-order valence-electron chi connectivity index (χ3n) is 12.3. The molecule has 0 aliphatic rings. The second-order valence-corrected chi connectivity index (χ2v) is 15.7. The Morgan fingerprint density at radius 1 is 0.295 bits per heavy atom. The largest absolute Gasteiger partial charge is 0.310 e. The van der Waals surface area contributed by atoms with Crippen molar-refractivity contribution in [2.75, 3.05) is 4.90 Å². The second kappa shape index (κ2) is 14.3. The van der Waals surface area contributed by atoms with Crippen LogP contribution in [0.1, 0.15) is 0 Å². The van der Waals surface area contributed by atoms with Crippen molar-refractivity contribution >= 4 is 71.4 Å². The van der Waals surface area contributed by atoms with E-state index in [-0.39, 0.29) is 0 Å². The highest BCUT2D eigenvalue weighted by Gasteiger charge is 2.29. The molecule has 0 unspecified atom stereocenters. The van der Waals surface area contributed by atoms with Crippen molar-refractivity contribution in [2.24, 2.45) is 0 Å². The van der Waals surface area contributed by atoms with Crippen molar-refractivity contribution in [1.29, 1.82) is 0 Å². The molecule has 12 rings (SSSR count). The molecule has 10 aromatic carbocycles. The van der Waals surface area contributed by atoms with Gasteiger partial charge in [0.1, 0.15) is 0 Å². The number of hydrogen-bond donors (Lipinski definition) is 0. The number of para-hydroxylation sites is 5. The summed E-state index contributed by atoms with van der Waals surface area (Å²) in [7, 11) is 0. The van der Waals surface area contributed by atoms with Crippen molar-refractivity contribution < 1.29 is 0 Å². The Kier molecular flexibility index (Phi) is 8.17. The Morgan fingerprint density at radius 3 is 1.26 bits per heavy atom. The van der Waals surface area contributed by atoms with Gasteiger partial charge in [0.15, 0.2) is 0 Å². The molecule has 3 heteroatoms. The molecule has 0 radical (unpaired) electrons. The molecule has 286 valence electrons. The zero-order valence-electron chi connectivity index (χ0n) is 33.4. The lowest BCUT2D eigenvalue weighted by Gasteiger charge is -2.27. The van der Waals surface area contributed by atoms with Gasteiger partial charge in [-0.1, -0.05) is 170 Å². The molecule has 0 amide bonds. The molecule has 2 heterocycles. The van der Waals surface area contributed by atoms with Gasteiger partial charge in [0, 0.05) is 60.8 Å². The molecular weight excluding hydrogens is 739 g/mol. The highest BCUT2D eigenvalue weighted by molar-refractivity contribution is 6.33. The normalized spacial score (nSPS) is 11.6. The molecule has 12 aromatic rings. The lowest BCUT2D eigenvalue weighted by molar-refractivity contribution is 1.15. The predicted molar refractivity (Wildman–Crippen MR) is 258 cm³/mol. The van der Waals surface area contributed by atoms with Crippen LogP contribution in [-0.2, 0) is 0 Å². The summed E-state index contributed by atoms with van der Waals surface area (Å²) in [6.07, 6.45) is 0. The zero-order valence-corrected chi connectivity index (χ0v) is 33.4. The number of fused-ring (bicyclic) bond motifs is 8. The molecule has 2 aromatic heterocycles. The quantitative estimate of drug-likeness (QED) is 0.157. The molecule has 0 spiro atoms. The minimum atomic E-state index is 1.09. The number of benzene rings is 10. The fourth-order valence-electron chi connectivity index (χ4n) is 9.74. The summed E-state index contributed by atoms with van der Waals surface area (Å²) in [5.74, 6) is 0. The van der Waals surface area contributed by atoms with Gasteiger partial charge in [-0.15, -0.1) is 0 Å². The molecule has 61 heavy (non-hydrogen) atoms. The highest BCUT2D eigenvalue weighted by Crippen LogP contribution is 2.52. The van der Waals surface area contributed by atoms with Gasteiger partial charge < -0.3 is 14.0 Å². The molecule has 0 saturated heterocycles. The Hall–Kier alpha value is -8.14. The summed E-state index contributed by atoms with van der Waals surface area (Å²) in [5.41, 5.74) is 15.1. The van der Waals surface area contributed by atoms with Gasteiger partial charge in [-0.3, -0.25) is 0 Å². The van der Waals surface area contributed by atoms with Crippen LogP contribution in [0.25, 0.3) is 88.0 Å². The Labute approximate surface area is 354 Å². The third kappa shape index (κ3) is 5.52. The molecule has 0 saturated carbocycles. The number of anilines is 3. The first-order valence-corrected chi connectivity index (χ1v) is 21.0. The van der Waals surface area contributed by atoms with E-state index in [1.54, 1.807) is 0 Å². The van der Waals surface area contributed by atoms with Crippen LogP contribution in [0.3, 0.4) is 0 Å². The molecule has 0 aliphatic heterocycles. The van der Waals surface area contributed by atoms with E-state index in [1.807, 2.05) is 0 Å². The van der Waals surface area contributed by atoms with Gasteiger partial charge >= 0.3 is 0 Å². The average molecular weight is 778 g/mol. The van der Waals surface area contributed by atoms with Crippen molar-refractivity contribution in [3.63, 3.8) is 0 Å². The van der Waals surface area contributed by atoms with E-state index >= 15 is 0 Å². The van der Waals surface area contributed by atoms with Crippen LogP contribution in [0.5, 0.6) is 0 Å². The number of hydrogen-bond acceptors (Lipinski definition) is 1. The van der Waals surface area contributed by atoms with Crippen LogP contribution in [0.15, 0.2) is 237 Å². The second-order valence-electron chi connectivity index (χ2n) is 15.7. The van der Waals surface area contributed by atoms with Gasteiger partial charge in [0.25, 0.3) is 0 Å². The van der Waals surface area contributed by atoms with Gasteiger partial charge in [-0.2, -0.15) is 0 Å². The summed E-state index contributed by atoms with van der Waals surface area (Å²) in [6, 6.07) is 85.9. The predicted octanol–water partition coefficient (Wildman–Crippen LogP) is 15.8. The van der Waals surface area contributed by atoms with E-state index in [1.165, 1.54) is 71.1 Å². The summed E-state index contributed by atoms with van der Waals surface area (Å²) in [4.78, 5) is 2.39. The van der Waals surface area contributed by atoms with Crippen LogP contribution in [-0.4, -0.2) is 9.13 Å². The van der Waals surface area contributed by atoms with Crippen molar-refractivity contribution in [2.45, 2.75) is 0 Å². The monoisotopic (exact) mass is 777 g/mol. The maximum absolute atomic E-state index is 2.50. The minimum Gasteiger partial charge on any atom is -0.310 e. The van der Waals surface area contributed by atoms with Crippen molar-refractivity contribution in [3.05, 3.63) is 237 Å². The van der Waals surface area contributed by atoms with E-state index in [2.05, 4.69) is 251 Å². The van der Waals surface area contributed by atoms with Gasteiger partial charge in [0.05, 0.1) is 27.8 Å². The van der Waals surface area contributed by atoms with Gasteiger partial charge in [0.2, 0.25) is 0 Å². The summed E-state index contributed by atoms with van der Waals surface area (Å²) >= 11 is 0. The van der Waals surface area contributed by atoms with Crippen LogP contribution in [0.4, 0.5) is 17.1 Å². The van der Waals surface area contributed by atoms with Gasteiger partial charge in [-0.25, -0.2) is 0 Å². The van der Waals surface area contributed by atoms with Gasteiger partial charge in [-0.05, 0) is 83.2 Å². The number of aromatic nitrogens is 2. The summed E-state index contributed by atoms with van der Waals surface area (Å²) in [6.45, 7) is 0. The Balaban J connectivity index is 1.24. The standard InChI is InChI=1S/C58H39N3/c1-5-21-41(22-6-1)53-54(42-36-38-46(39-37-42)59(43-24-7-2-8-25-43)50-35-19-23-40-20-13-14-30-47(40)50)56-49-32-16-18-34-52(49)61(45-28-11-4-12-29-45)58(56)57-55(53)48-31-15-17-33-51(48)60(57)44-26-9-3-10-27-44/h1-39H.